The van der Waals surface area contributed by atoms with Crippen molar-refractivity contribution in [3.63, 3.8) is 0 Å². The second-order valence-electron chi connectivity index (χ2n) is 6.73. The van der Waals surface area contributed by atoms with Crippen LogP contribution in [0.1, 0.15) is 24.1 Å². The van der Waals surface area contributed by atoms with Gasteiger partial charge in [0.05, 0.1) is 12.8 Å². The van der Waals surface area contributed by atoms with Gasteiger partial charge in [-0.3, -0.25) is 9.59 Å². The van der Waals surface area contributed by atoms with E-state index < -0.39 is 22.0 Å². The van der Waals surface area contributed by atoms with Crippen LogP contribution in [0.25, 0.3) is 0 Å². The van der Waals surface area contributed by atoms with Gasteiger partial charge in [0.2, 0.25) is 21.8 Å². The monoisotopic (exact) mass is 417 g/mol. The second-order valence-corrected chi connectivity index (χ2v) is 8.82. The maximum atomic E-state index is 13.2. The summed E-state index contributed by atoms with van der Waals surface area (Å²) in [5.74, 6) is -0.771. The van der Waals surface area contributed by atoms with Gasteiger partial charge in [-0.1, -0.05) is 60.7 Å². The molecule has 0 heterocycles. The first-order chi connectivity index (χ1) is 13.7. The SMILES string of the molecule is CCNC(=O)C(c1ccccc1)N(Cc1ccccc1)C(=O)CN(C)S(C)(=O)=O. The molecular weight excluding hydrogens is 390 g/mol. The summed E-state index contributed by atoms with van der Waals surface area (Å²) in [7, 11) is -2.19. The fourth-order valence-corrected chi connectivity index (χ4v) is 3.23. The summed E-state index contributed by atoms with van der Waals surface area (Å²) in [6.07, 6.45) is 1.04. The van der Waals surface area contributed by atoms with Gasteiger partial charge in [-0.25, -0.2) is 8.42 Å². The molecule has 29 heavy (non-hydrogen) atoms. The van der Waals surface area contributed by atoms with Crippen molar-refractivity contribution in [3.8, 4) is 0 Å². The molecule has 0 aromatic heterocycles. The lowest BCUT2D eigenvalue weighted by Crippen LogP contribution is -2.47. The van der Waals surface area contributed by atoms with Crippen LogP contribution in [0.5, 0.6) is 0 Å². The van der Waals surface area contributed by atoms with E-state index in [1.807, 2.05) is 36.4 Å². The van der Waals surface area contributed by atoms with Gasteiger partial charge in [-0.2, -0.15) is 4.31 Å². The molecule has 0 aliphatic rings. The van der Waals surface area contributed by atoms with Crippen LogP contribution in [0.3, 0.4) is 0 Å². The highest BCUT2D eigenvalue weighted by Crippen LogP contribution is 2.24. The zero-order valence-corrected chi connectivity index (χ0v) is 17.7. The highest BCUT2D eigenvalue weighted by atomic mass is 32.2. The van der Waals surface area contributed by atoms with Crippen molar-refractivity contribution >= 4 is 21.8 Å². The molecule has 0 saturated heterocycles. The minimum Gasteiger partial charge on any atom is -0.354 e. The first kappa shape index (κ1) is 22.6. The van der Waals surface area contributed by atoms with E-state index in [0.29, 0.717) is 12.1 Å². The summed E-state index contributed by atoms with van der Waals surface area (Å²) in [4.78, 5) is 27.5. The van der Waals surface area contributed by atoms with Crippen LogP contribution in [-0.4, -0.2) is 55.8 Å². The molecule has 0 aliphatic carbocycles. The molecule has 1 N–H and O–H groups in total. The molecule has 8 heteroatoms. The lowest BCUT2D eigenvalue weighted by molar-refractivity contribution is -0.141. The number of benzene rings is 2. The van der Waals surface area contributed by atoms with Crippen molar-refractivity contribution in [2.45, 2.75) is 19.5 Å². The normalized spacial score (nSPS) is 12.4. The van der Waals surface area contributed by atoms with Crippen LogP contribution in [-0.2, 0) is 26.2 Å². The lowest BCUT2D eigenvalue weighted by Gasteiger charge is -2.32. The van der Waals surface area contributed by atoms with Crippen LogP contribution in [0.15, 0.2) is 60.7 Å². The number of carbonyl (C=O) groups excluding carboxylic acids is 2. The Labute approximate surface area is 172 Å². The zero-order chi connectivity index (χ0) is 21.4. The number of nitrogens with one attached hydrogen (secondary N) is 1. The average Bonchev–Trinajstić information content (AvgIpc) is 2.68. The molecule has 0 radical (unpaired) electrons. The van der Waals surface area contributed by atoms with E-state index in [2.05, 4.69) is 5.32 Å². The molecule has 0 bridgehead atoms. The molecule has 2 aromatic rings. The molecule has 2 aromatic carbocycles. The molecule has 0 fully saturated rings. The topological polar surface area (TPSA) is 86.8 Å². The molecule has 156 valence electrons. The van der Waals surface area contributed by atoms with Gasteiger partial charge < -0.3 is 10.2 Å². The van der Waals surface area contributed by atoms with E-state index in [0.717, 1.165) is 16.1 Å². The van der Waals surface area contributed by atoms with Crippen LogP contribution >= 0.6 is 0 Å². The molecule has 0 aliphatic heterocycles. The van der Waals surface area contributed by atoms with Gasteiger partial charge >= 0.3 is 0 Å². The molecule has 1 unspecified atom stereocenters. The highest BCUT2D eigenvalue weighted by Gasteiger charge is 2.32. The Morgan fingerprint density at radius 2 is 1.55 bits per heavy atom. The maximum absolute atomic E-state index is 13.2. The summed E-state index contributed by atoms with van der Waals surface area (Å²) in [6.45, 7) is 2.04. The Hall–Kier alpha value is -2.71. The molecule has 1 atom stereocenters. The number of rotatable bonds is 9. The van der Waals surface area contributed by atoms with Crippen LogP contribution in [0, 0.1) is 0 Å². The zero-order valence-electron chi connectivity index (χ0n) is 16.9. The number of likely N-dealkylation sites (N-methyl/N-ethyl adjacent to an activating group) is 2. The third-order valence-corrected chi connectivity index (χ3v) is 5.73. The summed E-state index contributed by atoms with van der Waals surface area (Å²) in [6, 6.07) is 17.4. The minimum atomic E-state index is -3.54. The predicted octanol–water partition coefficient (Wildman–Crippen LogP) is 1.78. The molecule has 2 rings (SSSR count). The van der Waals surface area contributed by atoms with Gasteiger partial charge in [-0.15, -0.1) is 0 Å². The number of hydrogen-bond donors (Lipinski definition) is 1. The summed E-state index contributed by atoms with van der Waals surface area (Å²) >= 11 is 0. The largest absolute Gasteiger partial charge is 0.354 e. The van der Waals surface area contributed by atoms with Crippen molar-refractivity contribution < 1.29 is 18.0 Å². The first-order valence-corrected chi connectivity index (χ1v) is 11.2. The average molecular weight is 418 g/mol. The summed E-state index contributed by atoms with van der Waals surface area (Å²) in [5, 5.41) is 2.78. The van der Waals surface area contributed by atoms with Crippen molar-refractivity contribution in [2.75, 3.05) is 26.4 Å². The fourth-order valence-electron chi connectivity index (χ4n) is 2.88. The summed E-state index contributed by atoms with van der Waals surface area (Å²) < 4.78 is 24.6. The van der Waals surface area contributed by atoms with Crippen LogP contribution < -0.4 is 5.32 Å². The van der Waals surface area contributed by atoms with E-state index in [1.54, 1.807) is 31.2 Å². The van der Waals surface area contributed by atoms with E-state index in [1.165, 1.54) is 11.9 Å². The Morgan fingerprint density at radius 3 is 2.07 bits per heavy atom. The van der Waals surface area contributed by atoms with Crippen molar-refractivity contribution in [1.29, 1.82) is 0 Å². The van der Waals surface area contributed by atoms with Gasteiger partial charge in [0, 0.05) is 20.1 Å². The number of hydrogen-bond acceptors (Lipinski definition) is 4. The van der Waals surface area contributed by atoms with Gasteiger partial charge in [-0.05, 0) is 18.1 Å². The van der Waals surface area contributed by atoms with Gasteiger partial charge in [0.1, 0.15) is 6.04 Å². The van der Waals surface area contributed by atoms with Crippen molar-refractivity contribution in [1.82, 2.24) is 14.5 Å². The Balaban J connectivity index is 2.46. The number of carbonyl (C=O) groups is 2. The van der Waals surface area contributed by atoms with E-state index in [-0.39, 0.29) is 19.0 Å². The fraction of sp³-hybridized carbons (Fsp3) is 0.333. The molecular formula is C21H27N3O4S. The smallest absolute Gasteiger partial charge is 0.247 e. The molecule has 0 spiro atoms. The van der Waals surface area contributed by atoms with Gasteiger partial charge in [0.25, 0.3) is 0 Å². The molecule has 7 nitrogen and oxygen atoms in total. The van der Waals surface area contributed by atoms with E-state index in [9.17, 15) is 18.0 Å². The quantitative estimate of drug-likeness (QED) is 0.674. The predicted molar refractivity (Wildman–Crippen MR) is 112 cm³/mol. The number of amides is 2. The minimum absolute atomic E-state index is 0.175. The first-order valence-electron chi connectivity index (χ1n) is 9.31. The van der Waals surface area contributed by atoms with E-state index >= 15 is 0 Å². The standard InChI is InChI=1S/C21H27N3O4S/c1-4-22-21(26)20(18-13-9-6-10-14-18)24(15-17-11-7-5-8-12-17)19(25)16-23(2)29(3,27)28/h5-14,20H,4,15-16H2,1-3H3,(H,22,26). The van der Waals surface area contributed by atoms with Crippen molar-refractivity contribution in [2.24, 2.45) is 0 Å². The van der Waals surface area contributed by atoms with Gasteiger partial charge in [0.15, 0.2) is 0 Å². The Kier molecular flexibility index (Phi) is 7.92. The Morgan fingerprint density at radius 1 is 1.00 bits per heavy atom. The lowest BCUT2D eigenvalue weighted by atomic mass is 10.0. The summed E-state index contributed by atoms with van der Waals surface area (Å²) in [5.41, 5.74) is 1.50. The van der Waals surface area contributed by atoms with Crippen LogP contribution in [0.4, 0.5) is 0 Å². The third-order valence-electron chi connectivity index (χ3n) is 4.47. The van der Waals surface area contributed by atoms with Crippen LogP contribution in [0.2, 0.25) is 0 Å². The Bertz CT molecular complexity index is 917. The second kappa shape index (κ2) is 10.2. The van der Waals surface area contributed by atoms with E-state index in [4.69, 9.17) is 0 Å². The number of sulfonamides is 1. The molecule has 0 saturated carbocycles. The maximum Gasteiger partial charge on any atom is 0.247 e. The highest BCUT2D eigenvalue weighted by molar-refractivity contribution is 7.88. The third kappa shape index (κ3) is 6.40. The molecule has 2 amide bonds. The number of nitrogens with zero attached hydrogens (tertiary/aromatic N) is 2. The van der Waals surface area contributed by atoms with Crippen molar-refractivity contribution in [3.05, 3.63) is 71.8 Å².